The third-order valence-corrected chi connectivity index (χ3v) is 5.59. The fraction of sp³-hybridized carbons (Fsp3) is 0.0357. The lowest BCUT2D eigenvalue weighted by Crippen LogP contribution is -2.15. The first-order valence-electron chi connectivity index (χ1n) is 11.0. The van der Waals surface area contributed by atoms with E-state index in [4.69, 9.17) is 0 Å². The molecule has 0 aliphatic rings. The third kappa shape index (κ3) is 4.89. The Labute approximate surface area is 201 Å². The van der Waals surface area contributed by atoms with E-state index in [2.05, 4.69) is 25.6 Å². The molecule has 7 nitrogen and oxygen atoms in total. The highest BCUT2D eigenvalue weighted by molar-refractivity contribution is 6.08. The van der Waals surface area contributed by atoms with Crippen LogP contribution in [0.4, 0.5) is 11.4 Å². The molecule has 3 aromatic carbocycles. The van der Waals surface area contributed by atoms with Gasteiger partial charge in [0.05, 0.1) is 11.0 Å². The van der Waals surface area contributed by atoms with Crippen LogP contribution in [0.25, 0.3) is 22.2 Å². The number of hydrogen-bond acceptors (Lipinski definition) is 5. The molecular weight excluding hydrogens is 438 g/mol. The van der Waals surface area contributed by atoms with Gasteiger partial charge in [-0.1, -0.05) is 24.3 Å². The number of hydrogen-bond donors (Lipinski definition) is 2. The van der Waals surface area contributed by atoms with E-state index in [0.717, 1.165) is 22.2 Å². The van der Waals surface area contributed by atoms with Crippen molar-refractivity contribution in [2.75, 3.05) is 10.6 Å². The summed E-state index contributed by atoms with van der Waals surface area (Å²) in [6, 6.07) is 21.7. The SMILES string of the molecule is Cc1ccc(NC(=O)c2cccc(-c3cccnc3)c2)cc1NC(=O)c1ccc2nccnc2c1. The van der Waals surface area contributed by atoms with Crippen LogP contribution in [0, 0.1) is 6.92 Å². The van der Waals surface area contributed by atoms with E-state index in [1.165, 1.54) is 0 Å². The van der Waals surface area contributed by atoms with Gasteiger partial charge in [0.15, 0.2) is 0 Å². The second-order valence-corrected chi connectivity index (χ2v) is 8.02. The van der Waals surface area contributed by atoms with Crippen LogP contribution in [0.5, 0.6) is 0 Å². The third-order valence-electron chi connectivity index (χ3n) is 5.59. The zero-order valence-corrected chi connectivity index (χ0v) is 18.9. The Morgan fingerprint density at radius 1 is 0.686 bits per heavy atom. The average molecular weight is 460 g/mol. The normalized spacial score (nSPS) is 10.7. The first-order valence-corrected chi connectivity index (χ1v) is 11.0. The zero-order valence-electron chi connectivity index (χ0n) is 18.9. The van der Waals surface area contributed by atoms with Crippen molar-refractivity contribution in [1.82, 2.24) is 15.0 Å². The second-order valence-electron chi connectivity index (χ2n) is 8.02. The minimum absolute atomic E-state index is 0.245. The van der Waals surface area contributed by atoms with Crippen molar-refractivity contribution < 1.29 is 9.59 Å². The molecule has 7 heteroatoms. The summed E-state index contributed by atoms with van der Waals surface area (Å²) in [6.45, 7) is 1.89. The van der Waals surface area contributed by atoms with Gasteiger partial charge in [-0.15, -0.1) is 0 Å². The molecular formula is C28H21N5O2. The second kappa shape index (κ2) is 9.52. The van der Waals surface area contributed by atoms with E-state index >= 15 is 0 Å². The Kier molecular flexibility index (Phi) is 5.96. The first kappa shape index (κ1) is 21.9. The van der Waals surface area contributed by atoms with Crippen molar-refractivity contribution in [1.29, 1.82) is 0 Å². The van der Waals surface area contributed by atoms with E-state index in [9.17, 15) is 9.59 Å². The number of benzene rings is 3. The minimum atomic E-state index is -0.270. The van der Waals surface area contributed by atoms with E-state index < -0.39 is 0 Å². The maximum Gasteiger partial charge on any atom is 0.255 e. The molecule has 0 saturated heterocycles. The van der Waals surface area contributed by atoms with Gasteiger partial charge in [0.2, 0.25) is 0 Å². The zero-order chi connectivity index (χ0) is 24.2. The van der Waals surface area contributed by atoms with Crippen LogP contribution in [0.3, 0.4) is 0 Å². The van der Waals surface area contributed by atoms with Crippen molar-refractivity contribution in [2.24, 2.45) is 0 Å². The Bertz CT molecular complexity index is 1550. The van der Waals surface area contributed by atoms with Crippen molar-refractivity contribution in [2.45, 2.75) is 6.92 Å². The predicted octanol–water partition coefficient (Wildman–Crippen LogP) is 5.50. The number of carbonyl (C=O) groups excluding carboxylic acids is 2. The number of aryl methyl sites for hydroxylation is 1. The van der Waals surface area contributed by atoms with Crippen LogP contribution in [0.1, 0.15) is 26.3 Å². The number of fused-ring (bicyclic) bond motifs is 1. The van der Waals surface area contributed by atoms with Crippen LogP contribution in [0.2, 0.25) is 0 Å². The van der Waals surface area contributed by atoms with Gasteiger partial charge in [-0.2, -0.15) is 0 Å². The number of aromatic nitrogens is 3. The number of pyridine rings is 1. The van der Waals surface area contributed by atoms with Gasteiger partial charge in [0.1, 0.15) is 0 Å². The minimum Gasteiger partial charge on any atom is -0.322 e. The molecule has 2 heterocycles. The van der Waals surface area contributed by atoms with Gasteiger partial charge >= 0.3 is 0 Å². The van der Waals surface area contributed by atoms with Gasteiger partial charge in [0.25, 0.3) is 11.8 Å². The molecule has 0 fully saturated rings. The molecule has 0 saturated carbocycles. The summed E-state index contributed by atoms with van der Waals surface area (Å²) in [6.07, 6.45) is 6.67. The largest absolute Gasteiger partial charge is 0.322 e. The molecule has 0 spiro atoms. The Morgan fingerprint density at radius 3 is 2.29 bits per heavy atom. The molecule has 2 aromatic heterocycles. The fourth-order valence-corrected chi connectivity index (χ4v) is 3.71. The molecule has 5 aromatic rings. The Morgan fingerprint density at radius 2 is 1.46 bits per heavy atom. The number of nitrogens with zero attached hydrogens (tertiary/aromatic N) is 3. The lowest BCUT2D eigenvalue weighted by Gasteiger charge is -2.12. The number of anilines is 2. The lowest BCUT2D eigenvalue weighted by molar-refractivity contribution is 0.101. The number of nitrogens with one attached hydrogen (secondary N) is 2. The van der Waals surface area contributed by atoms with Gasteiger partial charge in [0, 0.05) is 52.9 Å². The molecule has 0 bridgehead atoms. The van der Waals surface area contributed by atoms with Crippen molar-refractivity contribution in [3.63, 3.8) is 0 Å². The van der Waals surface area contributed by atoms with Gasteiger partial charge in [-0.05, 0) is 66.6 Å². The van der Waals surface area contributed by atoms with Crippen LogP contribution in [-0.2, 0) is 0 Å². The summed E-state index contributed by atoms with van der Waals surface area (Å²) in [5.41, 5.74) is 6.25. The van der Waals surface area contributed by atoms with E-state index in [1.54, 1.807) is 61.2 Å². The van der Waals surface area contributed by atoms with Crippen molar-refractivity contribution in [3.8, 4) is 11.1 Å². The van der Waals surface area contributed by atoms with Gasteiger partial charge < -0.3 is 10.6 Å². The van der Waals surface area contributed by atoms with Crippen LogP contribution < -0.4 is 10.6 Å². The molecule has 2 amide bonds. The molecule has 170 valence electrons. The molecule has 35 heavy (non-hydrogen) atoms. The summed E-state index contributed by atoms with van der Waals surface area (Å²) in [7, 11) is 0. The van der Waals surface area contributed by atoms with Crippen LogP contribution >= 0.6 is 0 Å². The van der Waals surface area contributed by atoms with Crippen LogP contribution in [-0.4, -0.2) is 26.8 Å². The first-order chi connectivity index (χ1) is 17.1. The van der Waals surface area contributed by atoms with E-state index in [-0.39, 0.29) is 11.8 Å². The standard InChI is InChI=1S/C28H21N5O2/c1-18-7-9-23(32-27(34)20-5-2-4-19(14-20)22-6-3-11-29-17-22)16-25(18)33-28(35)21-8-10-24-26(15-21)31-13-12-30-24/h2-17H,1H3,(H,32,34)(H,33,35). The lowest BCUT2D eigenvalue weighted by atomic mass is 10.0. The molecule has 0 unspecified atom stereocenters. The summed E-state index contributed by atoms with van der Waals surface area (Å²) >= 11 is 0. The van der Waals surface area contributed by atoms with Crippen molar-refractivity contribution >= 4 is 34.2 Å². The van der Waals surface area contributed by atoms with E-state index in [0.29, 0.717) is 28.0 Å². The molecule has 0 atom stereocenters. The monoisotopic (exact) mass is 459 g/mol. The number of carbonyl (C=O) groups is 2. The molecule has 0 aliphatic heterocycles. The number of amides is 2. The van der Waals surface area contributed by atoms with Gasteiger partial charge in [-0.25, -0.2) is 0 Å². The average Bonchev–Trinajstić information content (AvgIpc) is 2.91. The molecule has 0 aliphatic carbocycles. The highest BCUT2D eigenvalue weighted by atomic mass is 16.2. The van der Waals surface area contributed by atoms with Gasteiger partial charge in [-0.3, -0.25) is 24.5 Å². The molecule has 0 radical (unpaired) electrons. The van der Waals surface area contributed by atoms with Crippen LogP contribution in [0.15, 0.2) is 97.6 Å². The Balaban J connectivity index is 1.33. The topological polar surface area (TPSA) is 96.9 Å². The molecule has 5 rings (SSSR count). The smallest absolute Gasteiger partial charge is 0.255 e. The highest BCUT2D eigenvalue weighted by Gasteiger charge is 2.12. The fourth-order valence-electron chi connectivity index (χ4n) is 3.71. The summed E-state index contributed by atoms with van der Waals surface area (Å²) in [5, 5.41) is 5.85. The maximum absolute atomic E-state index is 12.9. The number of rotatable bonds is 5. The summed E-state index contributed by atoms with van der Waals surface area (Å²) in [4.78, 5) is 38.4. The van der Waals surface area contributed by atoms with Crippen molar-refractivity contribution in [3.05, 3.63) is 114 Å². The Hall–Kier alpha value is -4.91. The quantitative estimate of drug-likeness (QED) is 0.361. The highest BCUT2D eigenvalue weighted by Crippen LogP contribution is 2.24. The maximum atomic E-state index is 12.9. The summed E-state index contributed by atoms with van der Waals surface area (Å²) < 4.78 is 0. The molecule has 2 N–H and O–H groups in total. The summed E-state index contributed by atoms with van der Waals surface area (Å²) in [5.74, 6) is -0.515. The predicted molar refractivity (Wildman–Crippen MR) is 136 cm³/mol. The van der Waals surface area contributed by atoms with E-state index in [1.807, 2.05) is 43.3 Å².